The number of halogens is 3. The van der Waals surface area contributed by atoms with Crippen LogP contribution >= 0.6 is 0 Å². The Balaban J connectivity index is 1.94. The third kappa shape index (κ3) is 3.51. The van der Waals surface area contributed by atoms with Crippen molar-refractivity contribution in [2.45, 2.75) is 31.5 Å². The second kappa shape index (κ2) is 6.97. The van der Waals surface area contributed by atoms with E-state index in [-0.39, 0.29) is 11.6 Å². The van der Waals surface area contributed by atoms with Gasteiger partial charge in [-0.1, -0.05) is 0 Å². The van der Waals surface area contributed by atoms with Crippen molar-refractivity contribution in [3.8, 4) is 5.88 Å². The number of pyridine rings is 1. The van der Waals surface area contributed by atoms with Crippen molar-refractivity contribution in [1.82, 2.24) is 19.7 Å². The summed E-state index contributed by atoms with van der Waals surface area (Å²) < 4.78 is 45.9. The first-order valence-electron chi connectivity index (χ1n) is 8.22. The van der Waals surface area contributed by atoms with Gasteiger partial charge in [0.15, 0.2) is 0 Å². The number of carbonyl (C=O) groups excluding carboxylic acids is 1. The number of amides is 1. The molecule has 3 rings (SSSR count). The molecule has 0 N–H and O–H groups in total. The van der Waals surface area contributed by atoms with Gasteiger partial charge in [0, 0.05) is 31.5 Å². The van der Waals surface area contributed by atoms with E-state index in [1.165, 1.54) is 0 Å². The number of rotatable bonds is 3. The number of likely N-dealkylation sites (tertiary alicyclic amines) is 1. The molecule has 0 radical (unpaired) electrons. The second-order valence-corrected chi connectivity index (χ2v) is 6.24. The molecule has 1 amide bonds. The lowest BCUT2D eigenvalue weighted by Gasteiger charge is -2.35. The topological polar surface area (TPSA) is 60.2 Å². The predicted molar refractivity (Wildman–Crippen MR) is 86.6 cm³/mol. The number of piperidine rings is 1. The molecular weight excluding hydrogens is 349 g/mol. The van der Waals surface area contributed by atoms with Gasteiger partial charge in [-0.2, -0.15) is 18.3 Å². The zero-order valence-electron chi connectivity index (χ0n) is 14.5. The average Bonchev–Trinajstić information content (AvgIpc) is 3.06. The Hall–Kier alpha value is -2.58. The molecule has 0 bridgehead atoms. The zero-order valence-corrected chi connectivity index (χ0v) is 14.5. The standard InChI is InChI=1S/C17H19F3N4O2/c1-23-10-12(9-22-23)14-5-3-4-6-24(14)16(25)11-7-13(17(18,19)20)15(26-2)21-8-11/h7-10,14H,3-6H2,1-2H3. The van der Waals surface area contributed by atoms with Crippen LogP contribution in [0.5, 0.6) is 5.88 Å². The molecule has 2 aromatic heterocycles. The van der Waals surface area contributed by atoms with Crippen LogP contribution in [0.15, 0.2) is 24.7 Å². The van der Waals surface area contributed by atoms with Crippen LogP contribution in [0, 0.1) is 0 Å². The Morgan fingerprint density at radius 3 is 2.69 bits per heavy atom. The molecule has 26 heavy (non-hydrogen) atoms. The van der Waals surface area contributed by atoms with Crippen molar-refractivity contribution in [1.29, 1.82) is 0 Å². The maximum absolute atomic E-state index is 13.2. The van der Waals surface area contributed by atoms with Crippen LogP contribution in [0.2, 0.25) is 0 Å². The van der Waals surface area contributed by atoms with Gasteiger partial charge in [-0.15, -0.1) is 0 Å². The van der Waals surface area contributed by atoms with Crippen molar-refractivity contribution in [3.63, 3.8) is 0 Å². The van der Waals surface area contributed by atoms with Crippen LogP contribution in [-0.4, -0.2) is 39.2 Å². The van der Waals surface area contributed by atoms with E-state index < -0.39 is 23.5 Å². The molecule has 0 aliphatic carbocycles. The fraction of sp³-hybridized carbons (Fsp3) is 0.471. The van der Waals surface area contributed by atoms with Gasteiger partial charge < -0.3 is 9.64 Å². The van der Waals surface area contributed by atoms with Crippen molar-refractivity contribution >= 4 is 5.91 Å². The van der Waals surface area contributed by atoms with Crippen LogP contribution in [0.4, 0.5) is 13.2 Å². The van der Waals surface area contributed by atoms with Crippen molar-refractivity contribution < 1.29 is 22.7 Å². The average molecular weight is 368 g/mol. The smallest absolute Gasteiger partial charge is 0.421 e. The van der Waals surface area contributed by atoms with Crippen molar-refractivity contribution in [2.24, 2.45) is 7.05 Å². The molecule has 0 saturated carbocycles. The molecule has 1 fully saturated rings. The number of carbonyl (C=O) groups is 1. The first-order chi connectivity index (χ1) is 12.3. The Morgan fingerprint density at radius 2 is 2.08 bits per heavy atom. The first-order valence-corrected chi connectivity index (χ1v) is 8.22. The van der Waals surface area contributed by atoms with Gasteiger partial charge in [0.25, 0.3) is 5.91 Å². The van der Waals surface area contributed by atoms with E-state index in [0.717, 1.165) is 44.2 Å². The second-order valence-electron chi connectivity index (χ2n) is 6.24. The lowest BCUT2D eigenvalue weighted by atomic mass is 9.96. The molecule has 3 heterocycles. The number of aryl methyl sites for hydroxylation is 1. The fourth-order valence-electron chi connectivity index (χ4n) is 3.23. The number of aromatic nitrogens is 3. The van der Waals surface area contributed by atoms with Crippen LogP contribution in [0.3, 0.4) is 0 Å². The largest absolute Gasteiger partial charge is 0.481 e. The summed E-state index contributed by atoms with van der Waals surface area (Å²) in [5, 5.41) is 4.13. The highest BCUT2D eigenvalue weighted by Crippen LogP contribution is 2.37. The Kier molecular flexibility index (Phi) is 4.88. The summed E-state index contributed by atoms with van der Waals surface area (Å²) in [6.07, 6.45) is 2.47. The maximum Gasteiger partial charge on any atom is 0.421 e. The summed E-state index contributed by atoms with van der Waals surface area (Å²) in [5.74, 6) is -1.02. The molecule has 0 spiro atoms. The molecule has 1 saturated heterocycles. The molecule has 1 aliphatic rings. The van der Waals surface area contributed by atoms with E-state index in [9.17, 15) is 18.0 Å². The summed E-state index contributed by atoms with van der Waals surface area (Å²) in [4.78, 5) is 18.2. The lowest BCUT2D eigenvalue weighted by molar-refractivity contribution is -0.139. The molecular formula is C17H19F3N4O2. The minimum atomic E-state index is -4.65. The highest BCUT2D eigenvalue weighted by Gasteiger charge is 2.37. The SMILES string of the molecule is COc1ncc(C(=O)N2CCCCC2c2cnn(C)c2)cc1C(F)(F)F. The third-order valence-electron chi connectivity index (χ3n) is 4.47. The molecule has 1 unspecified atom stereocenters. The molecule has 1 atom stereocenters. The van der Waals surface area contributed by atoms with Crippen molar-refractivity contribution in [2.75, 3.05) is 13.7 Å². The van der Waals surface area contributed by atoms with Crippen LogP contribution in [0.1, 0.15) is 46.8 Å². The summed E-state index contributed by atoms with van der Waals surface area (Å²) in [6.45, 7) is 0.478. The van der Waals surface area contributed by atoms with E-state index in [2.05, 4.69) is 14.8 Å². The van der Waals surface area contributed by atoms with Crippen LogP contribution < -0.4 is 4.74 Å². The van der Waals surface area contributed by atoms with E-state index in [4.69, 9.17) is 0 Å². The normalized spacial score (nSPS) is 18.0. The highest BCUT2D eigenvalue weighted by molar-refractivity contribution is 5.94. The molecule has 1 aliphatic heterocycles. The van der Waals surface area contributed by atoms with Crippen molar-refractivity contribution in [3.05, 3.63) is 41.3 Å². The molecule has 2 aromatic rings. The maximum atomic E-state index is 13.2. The summed E-state index contributed by atoms with van der Waals surface area (Å²) in [6, 6.07) is 0.602. The van der Waals surface area contributed by atoms with E-state index in [0.29, 0.717) is 6.54 Å². The Morgan fingerprint density at radius 1 is 1.31 bits per heavy atom. The van der Waals surface area contributed by atoms with Gasteiger partial charge in [-0.3, -0.25) is 9.48 Å². The minimum Gasteiger partial charge on any atom is -0.481 e. The zero-order chi connectivity index (χ0) is 18.9. The summed E-state index contributed by atoms with van der Waals surface area (Å²) >= 11 is 0. The Bertz CT molecular complexity index is 804. The molecule has 0 aromatic carbocycles. The van der Waals surface area contributed by atoms with E-state index in [1.807, 2.05) is 6.20 Å². The molecule has 9 heteroatoms. The highest BCUT2D eigenvalue weighted by atomic mass is 19.4. The van der Waals surface area contributed by atoms with E-state index >= 15 is 0 Å². The van der Waals surface area contributed by atoms with E-state index in [1.54, 1.807) is 22.8 Å². The quantitative estimate of drug-likeness (QED) is 0.835. The van der Waals surface area contributed by atoms with Gasteiger partial charge in [0.05, 0.1) is 24.9 Å². The van der Waals surface area contributed by atoms with Crippen LogP contribution in [-0.2, 0) is 13.2 Å². The number of hydrogen-bond donors (Lipinski definition) is 0. The summed E-state index contributed by atoms with van der Waals surface area (Å²) in [7, 11) is 2.89. The Labute approximate surface area is 148 Å². The molecule has 140 valence electrons. The number of nitrogens with zero attached hydrogens (tertiary/aromatic N) is 4. The number of ether oxygens (including phenoxy) is 1. The first kappa shape index (κ1) is 18.2. The van der Waals surface area contributed by atoms with Gasteiger partial charge in [0.1, 0.15) is 5.56 Å². The van der Waals surface area contributed by atoms with Gasteiger partial charge in [-0.05, 0) is 25.3 Å². The minimum absolute atomic E-state index is 0.103. The predicted octanol–water partition coefficient (Wildman–Crippen LogP) is 3.21. The van der Waals surface area contributed by atoms with Gasteiger partial charge in [-0.25, -0.2) is 4.98 Å². The molecule has 6 nitrogen and oxygen atoms in total. The fourth-order valence-corrected chi connectivity index (χ4v) is 3.23. The van der Waals surface area contributed by atoms with Gasteiger partial charge >= 0.3 is 6.18 Å². The van der Waals surface area contributed by atoms with Gasteiger partial charge in [0.2, 0.25) is 5.88 Å². The monoisotopic (exact) mass is 368 g/mol. The number of methoxy groups -OCH3 is 1. The lowest BCUT2D eigenvalue weighted by Crippen LogP contribution is -2.38. The summed E-state index contributed by atoms with van der Waals surface area (Å²) in [5.41, 5.74) is -0.284. The number of alkyl halides is 3. The third-order valence-corrected chi connectivity index (χ3v) is 4.47. The van der Waals surface area contributed by atoms with Crippen LogP contribution in [0.25, 0.3) is 0 Å². The number of hydrogen-bond acceptors (Lipinski definition) is 4.